The number of aryl methyl sites for hydroxylation is 1. The molecule has 1 aliphatic rings. The average molecular weight is 315 g/mol. The quantitative estimate of drug-likeness (QED) is 0.590. The molecular weight excluding hydrogens is 290 g/mol. The highest BCUT2D eigenvalue weighted by atomic mass is 32.2. The van der Waals surface area contributed by atoms with Crippen LogP contribution in [0.25, 0.3) is 0 Å². The van der Waals surface area contributed by atoms with E-state index in [2.05, 4.69) is 15.0 Å². The van der Waals surface area contributed by atoms with E-state index in [1.165, 1.54) is 17.1 Å². The zero-order valence-corrected chi connectivity index (χ0v) is 13.6. The molecule has 8 heteroatoms. The van der Waals surface area contributed by atoms with Gasteiger partial charge < -0.3 is 9.88 Å². The number of hydrogen-bond acceptors (Lipinski definition) is 4. The molecule has 0 bridgehead atoms. The van der Waals surface area contributed by atoms with Gasteiger partial charge in [0.2, 0.25) is 0 Å². The Bertz CT molecular complexity index is 539. The molecule has 1 aromatic rings. The first-order valence-electron chi connectivity index (χ1n) is 7.39. The highest BCUT2D eigenvalue weighted by Crippen LogP contribution is 2.18. The summed E-state index contributed by atoms with van der Waals surface area (Å²) in [6.07, 6.45) is 7.48. The molecule has 7 nitrogen and oxygen atoms in total. The van der Waals surface area contributed by atoms with Gasteiger partial charge in [-0.1, -0.05) is 0 Å². The van der Waals surface area contributed by atoms with Crippen molar-refractivity contribution in [3.05, 3.63) is 18.2 Å². The van der Waals surface area contributed by atoms with Crippen molar-refractivity contribution in [2.24, 2.45) is 7.05 Å². The SMILES string of the molecule is CN(CCCNC1CC1)S(=O)(=O)NCCc1nccn1C. The second kappa shape index (κ2) is 7.35. The zero-order chi connectivity index (χ0) is 15.3. The lowest BCUT2D eigenvalue weighted by Gasteiger charge is -2.17. The van der Waals surface area contributed by atoms with E-state index in [0.717, 1.165) is 18.8 Å². The monoisotopic (exact) mass is 315 g/mol. The fourth-order valence-electron chi connectivity index (χ4n) is 2.05. The number of hydrogen-bond donors (Lipinski definition) is 2. The second-order valence-corrected chi connectivity index (χ2v) is 7.37. The molecule has 0 radical (unpaired) electrons. The first-order valence-corrected chi connectivity index (χ1v) is 8.83. The van der Waals surface area contributed by atoms with Crippen LogP contribution >= 0.6 is 0 Å². The van der Waals surface area contributed by atoms with Crippen molar-refractivity contribution < 1.29 is 8.42 Å². The second-order valence-electron chi connectivity index (χ2n) is 5.51. The maximum absolute atomic E-state index is 12.1. The summed E-state index contributed by atoms with van der Waals surface area (Å²) in [4.78, 5) is 4.17. The largest absolute Gasteiger partial charge is 0.338 e. The Morgan fingerprint density at radius 3 is 2.81 bits per heavy atom. The summed E-state index contributed by atoms with van der Waals surface area (Å²) >= 11 is 0. The normalized spacial score (nSPS) is 15.8. The van der Waals surface area contributed by atoms with Gasteiger partial charge in [-0.15, -0.1) is 0 Å². The van der Waals surface area contributed by atoms with Gasteiger partial charge in [0.05, 0.1) is 0 Å². The standard InChI is InChI=1S/C13H25N5O2S/c1-17-11-9-15-13(17)6-8-16-21(19,20)18(2)10-3-7-14-12-4-5-12/h9,11-12,14,16H,3-8,10H2,1-2H3. The Hall–Kier alpha value is -0.960. The van der Waals surface area contributed by atoms with E-state index in [1.54, 1.807) is 13.2 Å². The Labute approximate surface area is 126 Å². The van der Waals surface area contributed by atoms with Gasteiger partial charge in [0.1, 0.15) is 5.82 Å². The molecule has 0 saturated heterocycles. The van der Waals surface area contributed by atoms with E-state index in [9.17, 15) is 8.42 Å². The van der Waals surface area contributed by atoms with E-state index in [4.69, 9.17) is 0 Å². The molecule has 1 aliphatic carbocycles. The van der Waals surface area contributed by atoms with Crippen LogP contribution in [0.3, 0.4) is 0 Å². The minimum atomic E-state index is -3.39. The molecule has 2 rings (SSSR count). The van der Waals surface area contributed by atoms with E-state index in [1.807, 2.05) is 17.8 Å². The van der Waals surface area contributed by atoms with Crippen molar-refractivity contribution in [3.63, 3.8) is 0 Å². The van der Waals surface area contributed by atoms with Gasteiger partial charge in [-0.25, -0.2) is 9.71 Å². The number of aromatic nitrogens is 2. The van der Waals surface area contributed by atoms with E-state index in [-0.39, 0.29) is 0 Å². The number of nitrogens with zero attached hydrogens (tertiary/aromatic N) is 3. The van der Waals surface area contributed by atoms with Gasteiger partial charge in [-0.3, -0.25) is 0 Å². The molecule has 0 amide bonds. The molecule has 0 unspecified atom stereocenters. The molecule has 0 aliphatic heterocycles. The summed E-state index contributed by atoms with van der Waals surface area (Å²) in [5, 5.41) is 3.38. The molecular formula is C13H25N5O2S. The Balaban J connectivity index is 1.65. The van der Waals surface area contributed by atoms with Gasteiger partial charge >= 0.3 is 0 Å². The van der Waals surface area contributed by atoms with Crippen molar-refractivity contribution in [1.82, 2.24) is 23.9 Å². The number of rotatable bonds is 10. The fraction of sp³-hybridized carbons (Fsp3) is 0.769. The summed E-state index contributed by atoms with van der Waals surface area (Å²) in [5.74, 6) is 0.869. The van der Waals surface area contributed by atoms with Crippen LogP contribution in [0.4, 0.5) is 0 Å². The van der Waals surface area contributed by atoms with Crippen LogP contribution in [0.15, 0.2) is 12.4 Å². The van der Waals surface area contributed by atoms with Crippen LogP contribution in [0.5, 0.6) is 0 Å². The molecule has 0 atom stereocenters. The van der Waals surface area contributed by atoms with Gasteiger partial charge in [0.25, 0.3) is 10.2 Å². The average Bonchev–Trinajstić information content (AvgIpc) is 3.17. The maximum atomic E-state index is 12.1. The van der Waals surface area contributed by atoms with E-state index >= 15 is 0 Å². The Morgan fingerprint density at radius 2 is 2.19 bits per heavy atom. The van der Waals surface area contributed by atoms with Crippen molar-refractivity contribution in [2.45, 2.75) is 31.7 Å². The van der Waals surface area contributed by atoms with Gasteiger partial charge in [0, 0.05) is 52.0 Å². The maximum Gasteiger partial charge on any atom is 0.279 e. The third-order valence-electron chi connectivity index (χ3n) is 3.62. The smallest absolute Gasteiger partial charge is 0.279 e. The lowest BCUT2D eigenvalue weighted by atomic mass is 10.4. The molecule has 2 N–H and O–H groups in total. The molecule has 120 valence electrons. The third kappa shape index (κ3) is 5.39. The fourth-order valence-corrected chi connectivity index (χ4v) is 3.00. The summed E-state index contributed by atoms with van der Waals surface area (Å²) in [6.45, 7) is 1.76. The van der Waals surface area contributed by atoms with E-state index in [0.29, 0.717) is 25.6 Å². The van der Waals surface area contributed by atoms with Crippen molar-refractivity contribution in [3.8, 4) is 0 Å². The number of imidazole rings is 1. The van der Waals surface area contributed by atoms with Gasteiger partial charge in [-0.2, -0.15) is 12.7 Å². The number of nitrogens with one attached hydrogen (secondary N) is 2. The van der Waals surface area contributed by atoms with Crippen molar-refractivity contribution in [2.75, 3.05) is 26.7 Å². The highest BCUT2D eigenvalue weighted by molar-refractivity contribution is 7.87. The molecule has 0 spiro atoms. The minimum Gasteiger partial charge on any atom is -0.338 e. The van der Waals surface area contributed by atoms with E-state index < -0.39 is 10.2 Å². The van der Waals surface area contributed by atoms with Gasteiger partial charge in [0.15, 0.2) is 0 Å². The topological polar surface area (TPSA) is 79.3 Å². The predicted molar refractivity (Wildman–Crippen MR) is 82.1 cm³/mol. The van der Waals surface area contributed by atoms with Crippen LogP contribution in [-0.4, -0.2) is 55.0 Å². The Kier molecular flexibility index (Phi) is 5.74. The summed E-state index contributed by atoms with van der Waals surface area (Å²) < 4.78 is 30.0. The summed E-state index contributed by atoms with van der Waals surface area (Å²) in [6, 6.07) is 0.669. The lowest BCUT2D eigenvalue weighted by molar-refractivity contribution is 0.444. The molecule has 1 saturated carbocycles. The van der Waals surface area contributed by atoms with Crippen LogP contribution in [0, 0.1) is 0 Å². The van der Waals surface area contributed by atoms with Gasteiger partial charge in [-0.05, 0) is 25.8 Å². The Morgan fingerprint density at radius 1 is 1.43 bits per heavy atom. The van der Waals surface area contributed by atoms with Crippen LogP contribution in [-0.2, 0) is 23.7 Å². The third-order valence-corrected chi connectivity index (χ3v) is 5.20. The lowest BCUT2D eigenvalue weighted by Crippen LogP contribution is -2.40. The van der Waals surface area contributed by atoms with Crippen LogP contribution < -0.4 is 10.0 Å². The van der Waals surface area contributed by atoms with Crippen LogP contribution in [0.2, 0.25) is 0 Å². The first kappa shape index (κ1) is 16.4. The minimum absolute atomic E-state index is 0.359. The predicted octanol–water partition coefficient (Wildman–Crippen LogP) is -0.129. The zero-order valence-electron chi connectivity index (χ0n) is 12.7. The summed E-state index contributed by atoms with van der Waals surface area (Å²) in [5.41, 5.74) is 0. The molecule has 1 aromatic heterocycles. The highest BCUT2D eigenvalue weighted by Gasteiger charge is 2.20. The molecule has 1 heterocycles. The summed E-state index contributed by atoms with van der Waals surface area (Å²) in [7, 11) is 0.117. The molecule has 1 fully saturated rings. The molecule has 21 heavy (non-hydrogen) atoms. The van der Waals surface area contributed by atoms with Crippen molar-refractivity contribution in [1.29, 1.82) is 0 Å². The molecule has 0 aromatic carbocycles. The van der Waals surface area contributed by atoms with Crippen molar-refractivity contribution >= 4 is 10.2 Å². The van der Waals surface area contributed by atoms with Crippen LogP contribution in [0.1, 0.15) is 25.1 Å². The first-order chi connectivity index (χ1) is 9.99.